The van der Waals surface area contributed by atoms with Gasteiger partial charge in [0.15, 0.2) is 0 Å². The summed E-state index contributed by atoms with van der Waals surface area (Å²) in [6.45, 7) is 1.39. The molecule has 0 radical (unpaired) electrons. The number of carboxylic acid groups (broad SMARTS) is 1. The number of halogens is 3. The maximum absolute atomic E-state index is 13.8. The summed E-state index contributed by atoms with van der Waals surface area (Å²) in [4.78, 5) is 34.1. The molecule has 1 aromatic carbocycles. The third kappa shape index (κ3) is 6.11. The van der Waals surface area contributed by atoms with Crippen molar-refractivity contribution in [2.45, 2.75) is 25.4 Å². The summed E-state index contributed by atoms with van der Waals surface area (Å²) < 4.78 is 42.0. The molecule has 3 aromatic heterocycles. The number of aliphatic carboxylic acids is 1. The Morgan fingerprint density at radius 2 is 1.80 bits per heavy atom. The van der Waals surface area contributed by atoms with Gasteiger partial charge in [-0.05, 0) is 67.3 Å². The van der Waals surface area contributed by atoms with Crippen molar-refractivity contribution in [2.24, 2.45) is 5.92 Å². The molecule has 1 aliphatic rings. The topological polar surface area (TPSA) is 113 Å². The molecule has 0 atom stereocenters. The van der Waals surface area contributed by atoms with Crippen LogP contribution >= 0.6 is 0 Å². The van der Waals surface area contributed by atoms with E-state index in [9.17, 15) is 22.8 Å². The number of carbonyl (C=O) groups excluding carboxylic acids is 1. The first-order chi connectivity index (χ1) is 19.2. The van der Waals surface area contributed by atoms with Gasteiger partial charge in [0.2, 0.25) is 0 Å². The highest BCUT2D eigenvalue weighted by Gasteiger charge is 2.36. The SMILES string of the molecule is O=C(O)CC1CCN(c2cccc(C(=O)Nc3ccc(-n4nc(-c5cccnc5)cc4C(F)(F)F)cn3)c2)CC1. The predicted octanol–water partition coefficient (Wildman–Crippen LogP) is 5.29. The van der Waals surface area contributed by atoms with Crippen molar-refractivity contribution in [3.63, 3.8) is 0 Å². The van der Waals surface area contributed by atoms with Gasteiger partial charge in [-0.25, -0.2) is 9.67 Å². The van der Waals surface area contributed by atoms with Gasteiger partial charge in [-0.15, -0.1) is 0 Å². The summed E-state index contributed by atoms with van der Waals surface area (Å²) >= 11 is 0. The van der Waals surface area contributed by atoms with E-state index in [0.717, 1.165) is 29.3 Å². The van der Waals surface area contributed by atoms with Crippen LogP contribution in [0.1, 0.15) is 35.3 Å². The lowest BCUT2D eigenvalue weighted by atomic mass is 9.93. The van der Waals surface area contributed by atoms with E-state index in [0.29, 0.717) is 24.2 Å². The fraction of sp³-hybridized carbons (Fsp3) is 0.250. The number of carbonyl (C=O) groups is 2. The Morgan fingerprint density at radius 1 is 1.00 bits per heavy atom. The lowest BCUT2D eigenvalue weighted by Gasteiger charge is -2.33. The number of carboxylic acids is 1. The number of alkyl halides is 3. The molecule has 1 saturated heterocycles. The highest BCUT2D eigenvalue weighted by Crippen LogP contribution is 2.34. The molecule has 0 unspecified atom stereocenters. The first-order valence-electron chi connectivity index (χ1n) is 12.6. The van der Waals surface area contributed by atoms with Crippen molar-refractivity contribution in [3.8, 4) is 16.9 Å². The fourth-order valence-corrected chi connectivity index (χ4v) is 4.70. The van der Waals surface area contributed by atoms with Crippen LogP contribution in [-0.2, 0) is 11.0 Å². The van der Waals surface area contributed by atoms with Crippen LogP contribution in [0.15, 0.2) is 73.2 Å². The number of nitrogens with zero attached hydrogens (tertiary/aromatic N) is 5. The molecule has 5 rings (SSSR count). The third-order valence-corrected chi connectivity index (χ3v) is 6.74. The largest absolute Gasteiger partial charge is 0.481 e. The van der Waals surface area contributed by atoms with Gasteiger partial charge in [0.05, 0.1) is 17.6 Å². The van der Waals surface area contributed by atoms with Crippen molar-refractivity contribution in [1.29, 1.82) is 0 Å². The van der Waals surface area contributed by atoms with Gasteiger partial charge < -0.3 is 15.3 Å². The standard InChI is InChI=1S/C28H25F3N6O3/c29-28(30,31)24-15-23(20-4-2-10-32-16-20)35-37(24)22-6-7-25(33-17-22)34-27(40)19-3-1-5-21(14-19)36-11-8-18(9-12-36)13-26(38)39/h1-7,10,14-18H,8-9,11-13H2,(H,38,39)(H,33,34,40). The van der Waals surface area contributed by atoms with Crippen molar-refractivity contribution in [1.82, 2.24) is 19.7 Å². The summed E-state index contributed by atoms with van der Waals surface area (Å²) in [6.07, 6.45) is 1.18. The Balaban J connectivity index is 1.29. The molecule has 1 amide bonds. The monoisotopic (exact) mass is 550 g/mol. The number of nitrogens with one attached hydrogen (secondary N) is 1. The minimum atomic E-state index is -4.66. The van der Waals surface area contributed by atoms with Gasteiger partial charge in [-0.3, -0.25) is 14.6 Å². The average molecular weight is 551 g/mol. The number of aromatic nitrogens is 4. The maximum atomic E-state index is 13.8. The van der Waals surface area contributed by atoms with E-state index >= 15 is 0 Å². The molecular weight excluding hydrogens is 525 g/mol. The van der Waals surface area contributed by atoms with Gasteiger partial charge in [-0.1, -0.05) is 6.07 Å². The van der Waals surface area contributed by atoms with Crippen LogP contribution in [0, 0.1) is 5.92 Å². The van der Waals surface area contributed by atoms with E-state index in [2.05, 4.69) is 25.3 Å². The van der Waals surface area contributed by atoms with E-state index in [-0.39, 0.29) is 29.5 Å². The highest BCUT2D eigenvalue weighted by atomic mass is 19.4. The van der Waals surface area contributed by atoms with Gasteiger partial charge in [0, 0.05) is 48.7 Å². The van der Waals surface area contributed by atoms with Crippen LogP contribution in [0.3, 0.4) is 0 Å². The number of hydrogen-bond acceptors (Lipinski definition) is 6. The molecule has 0 bridgehead atoms. The van der Waals surface area contributed by atoms with Gasteiger partial charge >= 0.3 is 12.1 Å². The molecular formula is C28H25F3N6O3. The van der Waals surface area contributed by atoms with E-state index in [4.69, 9.17) is 5.11 Å². The van der Waals surface area contributed by atoms with Gasteiger partial charge in [-0.2, -0.15) is 18.3 Å². The number of anilines is 2. The zero-order chi connectivity index (χ0) is 28.3. The minimum absolute atomic E-state index is 0.0776. The Morgan fingerprint density at radius 3 is 2.45 bits per heavy atom. The van der Waals surface area contributed by atoms with Crippen LogP contribution in [0.25, 0.3) is 16.9 Å². The first kappa shape index (κ1) is 26.9. The number of hydrogen-bond donors (Lipinski definition) is 2. The Labute approximate surface area is 227 Å². The van der Waals surface area contributed by atoms with Crippen molar-refractivity contribution < 1.29 is 27.9 Å². The quantitative estimate of drug-likeness (QED) is 0.321. The highest BCUT2D eigenvalue weighted by molar-refractivity contribution is 6.04. The summed E-state index contributed by atoms with van der Waals surface area (Å²) in [5, 5.41) is 15.8. The van der Waals surface area contributed by atoms with Crippen molar-refractivity contribution >= 4 is 23.4 Å². The van der Waals surface area contributed by atoms with Gasteiger partial charge in [0.25, 0.3) is 5.91 Å². The molecule has 2 N–H and O–H groups in total. The van der Waals surface area contributed by atoms with Crippen molar-refractivity contribution in [2.75, 3.05) is 23.3 Å². The normalized spacial score (nSPS) is 14.2. The Hall–Kier alpha value is -4.74. The fourth-order valence-electron chi connectivity index (χ4n) is 4.70. The molecule has 0 aliphatic carbocycles. The number of benzene rings is 1. The molecule has 40 heavy (non-hydrogen) atoms. The summed E-state index contributed by atoms with van der Waals surface area (Å²) in [7, 11) is 0. The number of pyridine rings is 2. The van der Waals surface area contributed by atoms with Crippen LogP contribution in [0.5, 0.6) is 0 Å². The lowest BCUT2D eigenvalue weighted by Crippen LogP contribution is -2.34. The summed E-state index contributed by atoms with van der Waals surface area (Å²) in [6, 6.07) is 14.1. The number of rotatable bonds is 7. The molecule has 0 saturated carbocycles. The molecule has 1 aliphatic heterocycles. The zero-order valence-electron chi connectivity index (χ0n) is 21.2. The Kier molecular flexibility index (Phi) is 7.50. The number of piperidine rings is 1. The van der Waals surface area contributed by atoms with Crippen LogP contribution in [0.4, 0.5) is 24.7 Å². The predicted molar refractivity (Wildman–Crippen MR) is 141 cm³/mol. The molecule has 1 fully saturated rings. The maximum Gasteiger partial charge on any atom is 0.433 e. The van der Waals surface area contributed by atoms with Crippen LogP contribution in [-0.4, -0.2) is 49.8 Å². The Bertz CT molecular complexity index is 1500. The molecule has 0 spiro atoms. The molecule has 9 nitrogen and oxygen atoms in total. The molecule has 12 heteroatoms. The molecule has 206 valence electrons. The van der Waals surface area contributed by atoms with E-state index < -0.39 is 23.7 Å². The second-order valence-electron chi connectivity index (χ2n) is 9.50. The van der Waals surface area contributed by atoms with E-state index in [1.807, 2.05) is 6.07 Å². The van der Waals surface area contributed by atoms with E-state index in [1.165, 1.54) is 30.7 Å². The minimum Gasteiger partial charge on any atom is -0.481 e. The van der Waals surface area contributed by atoms with Crippen molar-refractivity contribution in [3.05, 3.63) is 84.4 Å². The average Bonchev–Trinajstić information content (AvgIpc) is 3.41. The summed E-state index contributed by atoms with van der Waals surface area (Å²) in [5.74, 6) is -0.901. The zero-order valence-corrected chi connectivity index (χ0v) is 21.2. The smallest absolute Gasteiger partial charge is 0.433 e. The second kappa shape index (κ2) is 11.2. The molecule has 4 aromatic rings. The number of amides is 1. The van der Waals surface area contributed by atoms with Crippen LogP contribution in [0.2, 0.25) is 0 Å². The second-order valence-corrected chi connectivity index (χ2v) is 9.50. The third-order valence-electron chi connectivity index (χ3n) is 6.74. The molecule has 4 heterocycles. The summed E-state index contributed by atoms with van der Waals surface area (Å²) in [5.41, 5.74) is 0.915. The first-order valence-corrected chi connectivity index (χ1v) is 12.6. The van der Waals surface area contributed by atoms with E-state index in [1.54, 1.807) is 30.3 Å². The van der Waals surface area contributed by atoms with Gasteiger partial charge in [0.1, 0.15) is 11.5 Å². The lowest BCUT2D eigenvalue weighted by molar-refractivity contribution is -0.143. The van der Waals surface area contributed by atoms with Crippen LogP contribution < -0.4 is 10.2 Å².